The standard InChI is InChI=1S/C23H40N6O2.HI/c1-24-23(25-8-5-6-9-28-13-11-27(2)12-14-28)26-19-7-10-29(18-19)20-15-21(30-3)17-22(16-20)31-4;/h15-17,19H,5-14,18H2,1-4H3,(H2,24,25,26);1H. The van der Waals surface area contributed by atoms with E-state index in [2.05, 4.69) is 49.5 Å². The number of aliphatic imine (C=N–C) groups is 1. The second kappa shape index (κ2) is 13.9. The van der Waals surface area contributed by atoms with Gasteiger partial charge in [-0.2, -0.15) is 0 Å². The zero-order valence-corrected chi connectivity index (χ0v) is 22.4. The molecule has 8 nitrogen and oxygen atoms in total. The van der Waals surface area contributed by atoms with Crippen LogP contribution in [-0.2, 0) is 0 Å². The Labute approximate surface area is 210 Å². The molecule has 0 amide bonds. The number of guanidine groups is 1. The van der Waals surface area contributed by atoms with E-state index in [4.69, 9.17) is 9.47 Å². The minimum atomic E-state index is 0. The van der Waals surface area contributed by atoms with E-state index >= 15 is 0 Å². The van der Waals surface area contributed by atoms with Gasteiger partial charge in [-0.3, -0.25) is 4.99 Å². The Balaban J connectivity index is 0.00000363. The Kier molecular flexibility index (Phi) is 11.7. The number of anilines is 1. The van der Waals surface area contributed by atoms with Crippen LogP contribution in [-0.4, -0.2) is 102 Å². The van der Waals surface area contributed by atoms with E-state index in [0.29, 0.717) is 6.04 Å². The lowest BCUT2D eigenvalue weighted by Crippen LogP contribution is -2.45. The zero-order chi connectivity index (χ0) is 22.1. The number of likely N-dealkylation sites (N-methyl/N-ethyl adjacent to an activating group) is 1. The summed E-state index contributed by atoms with van der Waals surface area (Å²) in [5, 5.41) is 7.07. The fourth-order valence-corrected chi connectivity index (χ4v) is 4.21. The quantitative estimate of drug-likeness (QED) is 0.208. The summed E-state index contributed by atoms with van der Waals surface area (Å²) in [5.41, 5.74) is 1.13. The van der Waals surface area contributed by atoms with Crippen molar-refractivity contribution in [2.75, 3.05) is 85.6 Å². The van der Waals surface area contributed by atoms with Gasteiger partial charge in [0, 0.05) is 82.8 Å². The van der Waals surface area contributed by atoms with Crippen LogP contribution in [0.3, 0.4) is 0 Å². The number of hydrogen-bond acceptors (Lipinski definition) is 6. The molecular weight excluding hydrogens is 519 g/mol. The monoisotopic (exact) mass is 560 g/mol. The molecule has 182 valence electrons. The minimum absolute atomic E-state index is 0. The summed E-state index contributed by atoms with van der Waals surface area (Å²) in [5.74, 6) is 2.54. The van der Waals surface area contributed by atoms with Crippen LogP contribution in [0.4, 0.5) is 5.69 Å². The minimum Gasteiger partial charge on any atom is -0.497 e. The van der Waals surface area contributed by atoms with Gasteiger partial charge in [-0.05, 0) is 32.9 Å². The van der Waals surface area contributed by atoms with Crippen LogP contribution in [0.25, 0.3) is 0 Å². The number of rotatable bonds is 9. The van der Waals surface area contributed by atoms with Crippen molar-refractivity contribution in [3.8, 4) is 11.5 Å². The molecule has 2 aliphatic rings. The Morgan fingerprint density at radius 2 is 1.72 bits per heavy atom. The predicted octanol–water partition coefficient (Wildman–Crippen LogP) is 2.09. The molecule has 9 heteroatoms. The molecule has 2 fully saturated rings. The Bertz CT molecular complexity index is 689. The van der Waals surface area contributed by atoms with Crippen molar-refractivity contribution >= 4 is 35.6 Å². The maximum atomic E-state index is 5.42. The summed E-state index contributed by atoms with van der Waals surface area (Å²) < 4.78 is 10.8. The second-order valence-electron chi connectivity index (χ2n) is 8.50. The van der Waals surface area contributed by atoms with E-state index in [1.165, 1.54) is 39.1 Å². The first-order valence-electron chi connectivity index (χ1n) is 11.5. The number of piperazine rings is 1. The third kappa shape index (κ3) is 8.15. The van der Waals surface area contributed by atoms with Gasteiger partial charge in [0.2, 0.25) is 0 Å². The number of hydrogen-bond donors (Lipinski definition) is 2. The van der Waals surface area contributed by atoms with Crippen molar-refractivity contribution in [3.05, 3.63) is 18.2 Å². The summed E-state index contributed by atoms with van der Waals surface area (Å²) in [7, 11) is 7.43. The smallest absolute Gasteiger partial charge is 0.191 e. The third-order valence-corrected chi connectivity index (χ3v) is 6.24. The van der Waals surface area contributed by atoms with Gasteiger partial charge in [-0.25, -0.2) is 0 Å². The topological polar surface area (TPSA) is 64.6 Å². The normalized spacial score (nSPS) is 20.1. The van der Waals surface area contributed by atoms with E-state index < -0.39 is 0 Å². The first kappa shape index (κ1) is 26.8. The second-order valence-corrected chi connectivity index (χ2v) is 8.50. The van der Waals surface area contributed by atoms with Gasteiger partial charge < -0.3 is 34.8 Å². The van der Waals surface area contributed by atoms with Crippen molar-refractivity contribution in [2.45, 2.75) is 25.3 Å². The SMILES string of the molecule is CN=C(NCCCCN1CCN(C)CC1)NC1CCN(c2cc(OC)cc(OC)c2)C1.I. The van der Waals surface area contributed by atoms with Crippen LogP contribution in [0, 0.1) is 0 Å². The van der Waals surface area contributed by atoms with Crippen molar-refractivity contribution in [1.29, 1.82) is 0 Å². The predicted molar refractivity (Wildman–Crippen MR) is 143 cm³/mol. The van der Waals surface area contributed by atoms with Gasteiger partial charge in [-0.1, -0.05) is 0 Å². The van der Waals surface area contributed by atoms with Crippen LogP contribution in [0.15, 0.2) is 23.2 Å². The summed E-state index contributed by atoms with van der Waals surface area (Å²) in [6, 6.07) is 6.41. The van der Waals surface area contributed by atoms with Crippen molar-refractivity contribution < 1.29 is 9.47 Å². The van der Waals surface area contributed by atoms with E-state index in [1.807, 2.05) is 13.1 Å². The molecule has 3 rings (SSSR count). The molecule has 2 saturated heterocycles. The highest BCUT2D eigenvalue weighted by molar-refractivity contribution is 14.0. The molecule has 0 saturated carbocycles. The van der Waals surface area contributed by atoms with E-state index in [9.17, 15) is 0 Å². The van der Waals surface area contributed by atoms with Crippen LogP contribution < -0.4 is 25.0 Å². The fraction of sp³-hybridized carbons (Fsp3) is 0.696. The molecule has 32 heavy (non-hydrogen) atoms. The van der Waals surface area contributed by atoms with Gasteiger partial charge in [0.1, 0.15) is 11.5 Å². The number of methoxy groups -OCH3 is 2. The maximum absolute atomic E-state index is 5.42. The lowest BCUT2D eigenvalue weighted by Gasteiger charge is -2.32. The summed E-state index contributed by atoms with van der Waals surface area (Å²) in [6.45, 7) is 8.86. The first-order valence-corrected chi connectivity index (χ1v) is 11.5. The van der Waals surface area contributed by atoms with Crippen molar-refractivity contribution in [2.24, 2.45) is 4.99 Å². The number of nitrogens with zero attached hydrogens (tertiary/aromatic N) is 4. The van der Waals surface area contributed by atoms with Crippen molar-refractivity contribution in [3.63, 3.8) is 0 Å². The highest BCUT2D eigenvalue weighted by atomic mass is 127. The largest absolute Gasteiger partial charge is 0.497 e. The fourth-order valence-electron chi connectivity index (χ4n) is 4.21. The molecule has 0 bridgehead atoms. The van der Waals surface area contributed by atoms with Gasteiger partial charge in [-0.15, -0.1) is 24.0 Å². The Morgan fingerprint density at radius 1 is 1.03 bits per heavy atom. The maximum Gasteiger partial charge on any atom is 0.191 e. The average Bonchev–Trinajstić information content (AvgIpc) is 3.27. The lowest BCUT2D eigenvalue weighted by atomic mass is 10.2. The average molecular weight is 561 g/mol. The first-order chi connectivity index (χ1) is 15.1. The molecule has 1 unspecified atom stereocenters. The molecule has 2 heterocycles. The molecule has 0 aliphatic carbocycles. The van der Waals surface area contributed by atoms with E-state index in [0.717, 1.165) is 55.6 Å². The lowest BCUT2D eigenvalue weighted by molar-refractivity contribution is 0.152. The number of ether oxygens (including phenoxy) is 2. The Morgan fingerprint density at radius 3 is 2.34 bits per heavy atom. The third-order valence-electron chi connectivity index (χ3n) is 6.24. The van der Waals surface area contributed by atoms with Gasteiger partial charge in [0.15, 0.2) is 5.96 Å². The molecule has 1 atom stereocenters. The number of unbranched alkanes of at least 4 members (excludes halogenated alkanes) is 1. The number of nitrogens with one attached hydrogen (secondary N) is 2. The highest BCUT2D eigenvalue weighted by Gasteiger charge is 2.24. The van der Waals surface area contributed by atoms with E-state index in [-0.39, 0.29) is 24.0 Å². The summed E-state index contributed by atoms with van der Waals surface area (Å²) in [6.07, 6.45) is 3.46. The van der Waals surface area contributed by atoms with Gasteiger partial charge in [0.25, 0.3) is 0 Å². The molecular formula is C23H41IN6O2. The van der Waals surface area contributed by atoms with E-state index in [1.54, 1.807) is 14.2 Å². The highest BCUT2D eigenvalue weighted by Crippen LogP contribution is 2.30. The van der Waals surface area contributed by atoms with Crippen LogP contribution in [0.5, 0.6) is 11.5 Å². The van der Waals surface area contributed by atoms with Crippen LogP contribution >= 0.6 is 24.0 Å². The number of halogens is 1. The van der Waals surface area contributed by atoms with Crippen LogP contribution in [0.2, 0.25) is 0 Å². The molecule has 0 aromatic heterocycles. The Hall–Kier alpha value is -1.46. The molecule has 0 radical (unpaired) electrons. The van der Waals surface area contributed by atoms with Gasteiger partial charge >= 0.3 is 0 Å². The van der Waals surface area contributed by atoms with Crippen LogP contribution in [0.1, 0.15) is 19.3 Å². The summed E-state index contributed by atoms with van der Waals surface area (Å²) in [4.78, 5) is 11.8. The molecule has 1 aromatic rings. The molecule has 0 spiro atoms. The zero-order valence-electron chi connectivity index (χ0n) is 20.1. The molecule has 2 N–H and O–H groups in total. The number of benzene rings is 1. The van der Waals surface area contributed by atoms with Crippen molar-refractivity contribution in [1.82, 2.24) is 20.4 Å². The van der Waals surface area contributed by atoms with Gasteiger partial charge in [0.05, 0.1) is 14.2 Å². The molecule has 1 aromatic carbocycles. The summed E-state index contributed by atoms with van der Waals surface area (Å²) >= 11 is 0. The molecule has 2 aliphatic heterocycles.